The summed E-state index contributed by atoms with van der Waals surface area (Å²) in [4.78, 5) is 0. The fraction of sp³-hybridized carbons (Fsp3) is 0.625. The lowest BCUT2D eigenvalue weighted by molar-refractivity contribution is 0.175. The van der Waals surface area contributed by atoms with Crippen molar-refractivity contribution in [1.29, 1.82) is 0 Å². The third-order valence-corrected chi connectivity index (χ3v) is 3.00. The van der Waals surface area contributed by atoms with Crippen LogP contribution in [0.4, 0.5) is 0 Å². The van der Waals surface area contributed by atoms with Gasteiger partial charge in [-0.2, -0.15) is 0 Å². The van der Waals surface area contributed by atoms with Crippen molar-refractivity contribution in [2.45, 2.75) is 40.5 Å². The van der Waals surface area contributed by atoms with E-state index < -0.39 is 0 Å². The average Bonchev–Trinajstić information content (AvgIpc) is 2.37. The number of hydrogen-bond donors (Lipinski definition) is 1. The van der Waals surface area contributed by atoms with Crippen LogP contribution in [0, 0.1) is 5.41 Å². The third kappa shape index (κ3) is 5.09. The van der Waals surface area contributed by atoms with Crippen molar-refractivity contribution >= 4 is 0 Å². The topological polar surface area (TPSA) is 21.3 Å². The summed E-state index contributed by atoms with van der Waals surface area (Å²) in [5.41, 5.74) is 1.45. The number of aryl methyl sites for hydroxylation is 1. The Bertz CT molecular complexity index is 347. The third-order valence-electron chi connectivity index (χ3n) is 3.00. The number of nitrogens with one attached hydrogen (secondary N) is 1. The summed E-state index contributed by atoms with van der Waals surface area (Å²) in [5, 5.41) is 3.46. The fourth-order valence-electron chi connectivity index (χ4n) is 1.86. The van der Waals surface area contributed by atoms with Crippen molar-refractivity contribution < 1.29 is 4.74 Å². The van der Waals surface area contributed by atoms with Gasteiger partial charge in [-0.05, 0) is 31.0 Å². The second kappa shape index (κ2) is 7.42. The maximum atomic E-state index is 5.98. The van der Waals surface area contributed by atoms with E-state index in [0.717, 1.165) is 31.9 Å². The Morgan fingerprint density at radius 2 is 1.89 bits per heavy atom. The van der Waals surface area contributed by atoms with E-state index in [-0.39, 0.29) is 5.41 Å². The van der Waals surface area contributed by atoms with E-state index in [1.54, 1.807) is 0 Å². The van der Waals surface area contributed by atoms with E-state index in [9.17, 15) is 0 Å². The lowest BCUT2D eigenvalue weighted by atomic mass is 9.95. The molecular weight excluding hydrogens is 222 g/mol. The molecule has 0 saturated carbocycles. The highest BCUT2D eigenvalue weighted by Gasteiger charge is 2.18. The quantitative estimate of drug-likeness (QED) is 0.710. The molecule has 0 aliphatic rings. The highest BCUT2D eigenvalue weighted by molar-refractivity contribution is 5.33. The van der Waals surface area contributed by atoms with Crippen molar-refractivity contribution in [3.63, 3.8) is 0 Å². The standard InChI is InChI=1S/C16H27NO/c1-5-11-17-12-16(3,4)13-18-15-10-8-7-9-14(15)6-2/h7-10,17H,5-6,11-13H2,1-4H3. The maximum absolute atomic E-state index is 5.98. The zero-order valence-corrected chi connectivity index (χ0v) is 12.3. The van der Waals surface area contributed by atoms with Gasteiger partial charge in [-0.1, -0.05) is 45.9 Å². The molecule has 0 heterocycles. The zero-order valence-electron chi connectivity index (χ0n) is 12.3. The molecule has 1 aromatic carbocycles. The second-order valence-electron chi connectivity index (χ2n) is 5.59. The van der Waals surface area contributed by atoms with Gasteiger partial charge in [-0.15, -0.1) is 0 Å². The van der Waals surface area contributed by atoms with Crippen LogP contribution in [0.1, 0.15) is 39.7 Å². The molecule has 1 N–H and O–H groups in total. The van der Waals surface area contributed by atoms with Gasteiger partial charge >= 0.3 is 0 Å². The molecule has 0 saturated heterocycles. The molecule has 1 aromatic rings. The number of benzene rings is 1. The summed E-state index contributed by atoms with van der Waals surface area (Å²) in [6, 6.07) is 8.31. The molecule has 2 heteroatoms. The van der Waals surface area contributed by atoms with Gasteiger partial charge in [0.05, 0.1) is 6.61 Å². The van der Waals surface area contributed by atoms with E-state index in [0.29, 0.717) is 0 Å². The summed E-state index contributed by atoms with van der Waals surface area (Å²) < 4.78 is 5.98. The molecule has 0 unspecified atom stereocenters. The van der Waals surface area contributed by atoms with E-state index >= 15 is 0 Å². The van der Waals surface area contributed by atoms with Gasteiger partial charge in [0.25, 0.3) is 0 Å². The second-order valence-corrected chi connectivity index (χ2v) is 5.59. The SMILES string of the molecule is CCCNCC(C)(C)COc1ccccc1CC. The smallest absolute Gasteiger partial charge is 0.122 e. The summed E-state index contributed by atoms with van der Waals surface area (Å²) in [6.45, 7) is 11.7. The first-order chi connectivity index (χ1) is 8.59. The van der Waals surface area contributed by atoms with Gasteiger partial charge in [0, 0.05) is 12.0 Å². The largest absolute Gasteiger partial charge is 0.493 e. The minimum Gasteiger partial charge on any atom is -0.493 e. The predicted molar refractivity (Wildman–Crippen MR) is 78.3 cm³/mol. The number of hydrogen-bond acceptors (Lipinski definition) is 2. The van der Waals surface area contributed by atoms with Crippen molar-refractivity contribution in [1.82, 2.24) is 5.32 Å². The number of para-hydroxylation sites is 1. The van der Waals surface area contributed by atoms with Gasteiger partial charge < -0.3 is 10.1 Å². The van der Waals surface area contributed by atoms with Crippen LogP contribution in [-0.4, -0.2) is 19.7 Å². The summed E-state index contributed by atoms with van der Waals surface area (Å²) in [5.74, 6) is 1.03. The highest BCUT2D eigenvalue weighted by Crippen LogP contribution is 2.22. The molecule has 0 radical (unpaired) electrons. The maximum Gasteiger partial charge on any atom is 0.122 e. The van der Waals surface area contributed by atoms with Crippen LogP contribution in [0.15, 0.2) is 24.3 Å². The molecule has 0 fully saturated rings. The Kier molecular flexibility index (Phi) is 6.20. The Balaban J connectivity index is 2.47. The zero-order chi connectivity index (χ0) is 13.4. The van der Waals surface area contributed by atoms with Crippen molar-refractivity contribution in [2.24, 2.45) is 5.41 Å². The first kappa shape index (κ1) is 15.0. The molecule has 18 heavy (non-hydrogen) atoms. The average molecular weight is 249 g/mol. The van der Waals surface area contributed by atoms with Crippen molar-refractivity contribution in [2.75, 3.05) is 19.7 Å². The van der Waals surface area contributed by atoms with E-state index in [4.69, 9.17) is 4.74 Å². The molecule has 1 rings (SSSR count). The lowest BCUT2D eigenvalue weighted by Gasteiger charge is -2.25. The van der Waals surface area contributed by atoms with Crippen LogP contribution < -0.4 is 10.1 Å². The van der Waals surface area contributed by atoms with Crippen molar-refractivity contribution in [3.8, 4) is 5.75 Å². The van der Waals surface area contributed by atoms with Crippen LogP contribution in [0.25, 0.3) is 0 Å². The molecule has 0 aliphatic carbocycles. The minimum atomic E-state index is 0.163. The first-order valence-corrected chi connectivity index (χ1v) is 7.00. The van der Waals surface area contributed by atoms with Gasteiger partial charge in [0.15, 0.2) is 0 Å². The Labute approximate surface area is 112 Å². The predicted octanol–water partition coefficient (Wildman–Crippen LogP) is 3.65. The summed E-state index contributed by atoms with van der Waals surface area (Å²) in [6.07, 6.45) is 2.19. The monoisotopic (exact) mass is 249 g/mol. The summed E-state index contributed by atoms with van der Waals surface area (Å²) in [7, 11) is 0. The highest BCUT2D eigenvalue weighted by atomic mass is 16.5. The molecule has 0 bridgehead atoms. The Morgan fingerprint density at radius 1 is 1.17 bits per heavy atom. The van der Waals surface area contributed by atoms with Crippen molar-refractivity contribution in [3.05, 3.63) is 29.8 Å². The molecule has 0 atom stereocenters. The van der Waals surface area contributed by atoms with E-state index in [2.05, 4.69) is 51.2 Å². The Morgan fingerprint density at radius 3 is 2.56 bits per heavy atom. The minimum absolute atomic E-state index is 0.163. The molecule has 0 aromatic heterocycles. The van der Waals surface area contributed by atoms with Gasteiger partial charge in [-0.25, -0.2) is 0 Å². The molecule has 0 spiro atoms. The van der Waals surface area contributed by atoms with Gasteiger partial charge in [0.1, 0.15) is 5.75 Å². The molecular formula is C16H27NO. The fourth-order valence-corrected chi connectivity index (χ4v) is 1.86. The lowest BCUT2D eigenvalue weighted by Crippen LogP contribution is -2.34. The van der Waals surface area contributed by atoms with Crippen LogP contribution in [0.2, 0.25) is 0 Å². The van der Waals surface area contributed by atoms with Crippen LogP contribution in [-0.2, 0) is 6.42 Å². The molecule has 0 aliphatic heterocycles. The van der Waals surface area contributed by atoms with E-state index in [1.807, 2.05) is 6.07 Å². The Hall–Kier alpha value is -1.02. The van der Waals surface area contributed by atoms with Gasteiger partial charge in [-0.3, -0.25) is 0 Å². The van der Waals surface area contributed by atoms with Crippen LogP contribution in [0.3, 0.4) is 0 Å². The van der Waals surface area contributed by atoms with E-state index in [1.165, 1.54) is 12.0 Å². The molecule has 2 nitrogen and oxygen atoms in total. The number of ether oxygens (including phenoxy) is 1. The molecule has 0 amide bonds. The summed E-state index contributed by atoms with van der Waals surface area (Å²) >= 11 is 0. The van der Waals surface area contributed by atoms with Gasteiger partial charge in [0.2, 0.25) is 0 Å². The molecule has 102 valence electrons. The van der Waals surface area contributed by atoms with Crippen LogP contribution >= 0.6 is 0 Å². The van der Waals surface area contributed by atoms with Crippen LogP contribution in [0.5, 0.6) is 5.75 Å². The number of rotatable bonds is 8. The normalized spacial score (nSPS) is 11.6. The first-order valence-electron chi connectivity index (χ1n) is 7.00.